The smallest absolute Gasteiger partial charge is 0.225 e. The minimum Gasteiger partial charge on any atom is -0.355 e. The summed E-state index contributed by atoms with van der Waals surface area (Å²) in [5.74, 6) is -0.0223. The van der Waals surface area contributed by atoms with Crippen molar-refractivity contribution in [1.29, 1.82) is 0 Å². The standard InChI is InChI=1S/C17H26N4O2/c1-11-15(12(2)20-19-11)7-8-18-17(23)13-9-16(22)21(10-13)14-5-3-4-6-14/h13-14H,3-10H2,1-2H3,(H,18,23)(H,19,20). The largest absolute Gasteiger partial charge is 0.355 e. The number of aromatic amines is 1. The van der Waals surface area contributed by atoms with Crippen molar-refractivity contribution in [1.82, 2.24) is 20.4 Å². The Morgan fingerprint density at radius 1 is 1.35 bits per heavy atom. The number of hydrogen-bond donors (Lipinski definition) is 2. The van der Waals surface area contributed by atoms with Crippen molar-refractivity contribution in [2.75, 3.05) is 13.1 Å². The molecular formula is C17H26N4O2. The first-order valence-electron chi connectivity index (χ1n) is 8.64. The third-order valence-corrected chi connectivity index (χ3v) is 5.25. The van der Waals surface area contributed by atoms with Gasteiger partial charge in [-0.15, -0.1) is 0 Å². The molecule has 126 valence electrons. The van der Waals surface area contributed by atoms with Crippen LogP contribution in [0.3, 0.4) is 0 Å². The molecule has 23 heavy (non-hydrogen) atoms. The van der Waals surface area contributed by atoms with Crippen molar-refractivity contribution < 1.29 is 9.59 Å². The van der Waals surface area contributed by atoms with Gasteiger partial charge in [0.1, 0.15) is 0 Å². The molecule has 0 aromatic carbocycles. The molecule has 1 saturated carbocycles. The third kappa shape index (κ3) is 3.41. The van der Waals surface area contributed by atoms with Crippen LogP contribution in [0.25, 0.3) is 0 Å². The molecule has 2 fully saturated rings. The van der Waals surface area contributed by atoms with Crippen LogP contribution in [0.2, 0.25) is 0 Å². The molecule has 6 heteroatoms. The number of rotatable bonds is 5. The van der Waals surface area contributed by atoms with Crippen LogP contribution < -0.4 is 5.32 Å². The first kappa shape index (κ1) is 16.0. The lowest BCUT2D eigenvalue weighted by Crippen LogP contribution is -2.37. The molecule has 1 aromatic rings. The Morgan fingerprint density at radius 2 is 2.09 bits per heavy atom. The van der Waals surface area contributed by atoms with Crippen LogP contribution in [-0.2, 0) is 16.0 Å². The van der Waals surface area contributed by atoms with Gasteiger partial charge in [-0.2, -0.15) is 5.10 Å². The van der Waals surface area contributed by atoms with Crippen molar-refractivity contribution in [3.8, 4) is 0 Å². The van der Waals surface area contributed by atoms with E-state index in [1.807, 2.05) is 18.7 Å². The maximum absolute atomic E-state index is 12.3. The fourth-order valence-corrected chi connectivity index (χ4v) is 3.87. The molecule has 0 radical (unpaired) electrons. The van der Waals surface area contributed by atoms with Gasteiger partial charge in [-0.25, -0.2) is 0 Å². The number of nitrogens with zero attached hydrogens (tertiary/aromatic N) is 2. The first-order chi connectivity index (χ1) is 11.1. The second-order valence-corrected chi connectivity index (χ2v) is 6.84. The number of carbonyl (C=O) groups excluding carboxylic acids is 2. The van der Waals surface area contributed by atoms with E-state index in [1.54, 1.807) is 0 Å². The molecule has 1 unspecified atom stereocenters. The number of H-pyrrole nitrogens is 1. The molecule has 0 spiro atoms. The number of aromatic nitrogens is 2. The molecule has 2 heterocycles. The molecule has 1 atom stereocenters. The van der Waals surface area contributed by atoms with Crippen LogP contribution >= 0.6 is 0 Å². The monoisotopic (exact) mass is 318 g/mol. The van der Waals surface area contributed by atoms with Crippen molar-refractivity contribution in [3.05, 3.63) is 17.0 Å². The summed E-state index contributed by atoms with van der Waals surface area (Å²) in [4.78, 5) is 26.4. The van der Waals surface area contributed by atoms with Crippen LogP contribution in [0.4, 0.5) is 0 Å². The number of nitrogens with one attached hydrogen (secondary N) is 2. The Kier molecular flexibility index (Phi) is 4.68. The van der Waals surface area contributed by atoms with Crippen molar-refractivity contribution in [3.63, 3.8) is 0 Å². The molecular weight excluding hydrogens is 292 g/mol. The highest BCUT2D eigenvalue weighted by Gasteiger charge is 2.38. The maximum atomic E-state index is 12.3. The fraction of sp³-hybridized carbons (Fsp3) is 0.706. The van der Waals surface area contributed by atoms with Crippen LogP contribution in [-0.4, -0.2) is 46.0 Å². The SMILES string of the molecule is Cc1n[nH]c(C)c1CCNC(=O)C1CC(=O)N(C2CCCC2)C1. The van der Waals surface area contributed by atoms with Crippen molar-refractivity contribution in [2.24, 2.45) is 5.92 Å². The lowest BCUT2D eigenvalue weighted by Gasteiger charge is -2.23. The molecule has 6 nitrogen and oxygen atoms in total. The minimum absolute atomic E-state index is 0.0117. The highest BCUT2D eigenvalue weighted by molar-refractivity contribution is 5.89. The topological polar surface area (TPSA) is 78.1 Å². The summed E-state index contributed by atoms with van der Waals surface area (Å²) < 4.78 is 0. The summed E-state index contributed by atoms with van der Waals surface area (Å²) in [5.41, 5.74) is 3.21. The second kappa shape index (κ2) is 6.72. The van der Waals surface area contributed by atoms with E-state index in [-0.39, 0.29) is 17.7 Å². The molecule has 1 aromatic heterocycles. The molecule has 2 aliphatic rings. The quantitative estimate of drug-likeness (QED) is 0.863. The van der Waals surface area contributed by atoms with E-state index >= 15 is 0 Å². The van der Waals surface area contributed by atoms with Gasteiger partial charge in [-0.05, 0) is 38.7 Å². The fourth-order valence-electron chi connectivity index (χ4n) is 3.87. The molecule has 1 saturated heterocycles. The highest BCUT2D eigenvalue weighted by Crippen LogP contribution is 2.29. The molecule has 0 bridgehead atoms. The van der Waals surface area contributed by atoms with Crippen molar-refractivity contribution in [2.45, 2.75) is 58.4 Å². The normalized spacial score (nSPS) is 22.1. The van der Waals surface area contributed by atoms with Gasteiger partial charge in [-0.1, -0.05) is 12.8 Å². The summed E-state index contributed by atoms with van der Waals surface area (Å²) in [6.45, 7) is 5.15. The second-order valence-electron chi connectivity index (χ2n) is 6.84. The number of aryl methyl sites for hydroxylation is 2. The van der Waals surface area contributed by atoms with E-state index in [9.17, 15) is 9.59 Å². The van der Waals surface area contributed by atoms with E-state index in [0.29, 0.717) is 25.6 Å². The van der Waals surface area contributed by atoms with Crippen LogP contribution in [0.15, 0.2) is 0 Å². The van der Waals surface area contributed by atoms with Gasteiger partial charge in [0.05, 0.1) is 11.6 Å². The zero-order valence-electron chi connectivity index (χ0n) is 14.0. The lowest BCUT2D eigenvalue weighted by molar-refractivity contribution is -0.130. The Bertz CT molecular complexity index is 570. The summed E-state index contributed by atoms with van der Waals surface area (Å²) in [6, 6.07) is 0.372. The Morgan fingerprint density at radius 3 is 2.74 bits per heavy atom. The number of likely N-dealkylation sites (tertiary alicyclic amines) is 1. The van der Waals surface area contributed by atoms with Gasteiger partial charge in [-0.3, -0.25) is 14.7 Å². The first-order valence-corrected chi connectivity index (χ1v) is 8.64. The zero-order valence-corrected chi connectivity index (χ0v) is 14.0. The lowest BCUT2D eigenvalue weighted by atomic mass is 10.1. The van der Waals surface area contributed by atoms with Crippen LogP contribution in [0.5, 0.6) is 0 Å². The van der Waals surface area contributed by atoms with E-state index in [2.05, 4.69) is 15.5 Å². The van der Waals surface area contributed by atoms with Crippen LogP contribution in [0, 0.1) is 19.8 Å². The molecule has 1 aliphatic heterocycles. The van der Waals surface area contributed by atoms with Gasteiger partial charge >= 0.3 is 0 Å². The highest BCUT2D eigenvalue weighted by atomic mass is 16.2. The molecule has 2 amide bonds. The van der Waals surface area contributed by atoms with Gasteiger partial charge in [0.25, 0.3) is 0 Å². The Hall–Kier alpha value is -1.85. The molecule has 2 N–H and O–H groups in total. The predicted molar refractivity (Wildman–Crippen MR) is 86.9 cm³/mol. The molecule has 1 aliphatic carbocycles. The number of hydrogen-bond acceptors (Lipinski definition) is 3. The van der Waals surface area contributed by atoms with E-state index in [0.717, 1.165) is 30.7 Å². The van der Waals surface area contributed by atoms with E-state index < -0.39 is 0 Å². The summed E-state index contributed by atoms with van der Waals surface area (Å²) >= 11 is 0. The Labute approximate surface area is 137 Å². The Balaban J connectivity index is 1.48. The minimum atomic E-state index is -0.186. The number of amides is 2. The maximum Gasteiger partial charge on any atom is 0.225 e. The number of carbonyl (C=O) groups is 2. The summed E-state index contributed by atoms with van der Waals surface area (Å²) in [6.07, 6.45) is 5.74. The van der Waals surface area contributed by atoms with Crippen molar-refractivity contribution >= 4 is 11.8 Å². The van der Waals surface area contributed by atoms with Gasteiger partial charge in [0.15, 0.2) is 0 Å². The van der Waals surface area contributed by atoms with Gasteiger partial charge < -0.3 is 10.2 Å². The van der Waals surface area contributed by atoms with Gasteiger partial charge in [0.2, 0.25) is 11.8 Å². The van der Waals surface area contributed by atoms with E-state index in [4.69, 9.17) is 0 Å². The predicted octanol–water partition coefficient (Wildman–Crippen LogP) is 1.48. The summed E-state index contributed by atoms with van der Waals surface area (Å²) in [7, 11) is 0. The summed E-state index contributed by atoms with van der Waals surface area (Å²) in [5, 5.41) is 10.1. The zero-order chi connectivity index (χ0) is 16.4. The van der Waals surface area contributed by atoms with E-state index in [1.165, 1.54) is 18.4 Å². The van der Waals surface area contributed by atoms with Crippen LogP contribution in [0.1, 0.15) is 49.1 Å². The average Bonchev–Trinajstić information content (AvgIpc) is 3.23. The van der Waals surface area contributed by atoms with Gasteiger partial charge in [0, 0.05) is 31.2 Å². The average molecular weight is 318 g/mol. The molecule has 3 rings (SSSR count). The third-order valence-electron chi connectivity index (χ3n) is 5.25.